The molecule has 0 aliphatic rings. The molecular formula is C44H82Cl3NO9Si3. The molecule has 0 radical (unpaired) electrons. The average molecular weight is 960 g/mol. The number of nitrogens with zero attached hydrogens (tertiary/aromatic N) is 1. The van der Waals surface area contributed by atoms with Gasteiger partial charge in [-0.2, -0.15) is 0 Å². The number of hydrogen-bond donors (Lipinski definition) is 1. The summed E-state index contributed by atoms with van der Waals surface area (Å²) in [5.41, 5.74) is 0.0956. The molecule has 350 valence electrons. The number of ether oxygens (including phenoxy) is 3. The quantitative estimate of drug-likeness (QED) is 0.0395. The zero-order valence-electron chi connectivity index (χ0n) is 40.1. The van der Waals surface area contributed by atoms with E-state index in [-0.39, 0.29) is 41.4 Å². The van der Waals surface area contributed by atoms with Gasteiger partial charge in [0.2, 0.25) is 3.79 Å². The number of carbonyl (C=O) groups is 1. The Hall–Kier alpha value is -0.559. The number of aliphatic hydroxyl groups is 1. The van der Waals surface area contributed by atoms with Crippen molar-refractivity contribution >= 4 is 65.7 Å². The molecule has 1 N–H and O–H groups in total. The summed E-state index contributed by atoms with van der Waals surface area (Å²) in [5, 5.41) is 11.7. The van der Waals surface area contributed by atoms with Gasteiger partial charge >= 0.3 is 5.97 Å². The molecule has 0 fully saturated rings. The molecule has 0 unspecified atom stereocenters. The van der Waals surface area contributed by atoms with Crippen molar-refractivity contribution in [3.8, 4) is 0 Å². The molecule has 60 heavy (non-hydrogen) atoms. The third kappa shape index (κ3) is 18.9. The molecule has 0 spiro atoms. The fourth-order valence-corrected chi connectivity index (χ4v) is 11.8. The second kappa shape index (κ2) is 24.7. The number of hydrogen-bond acceptors (Lipinski definition) is 10. The molecule has 0 saturated heterocycles. The van der Waals surface area contributed by atoms with Gasteiger partial charge < -0.3 is 37.0 Å². The molecule has 0 aliphatic carbocycles. The van der Waals surface area contributed by atoms with Gasteiger partial charge in [0.05, 0.1) is 30.8 Å². The van der Waals surface area contributed by atoms with E-state index in [4.69, 9.17) is 71.7 Å². The Kier molecular flexibility index (Phi) is 23.6. The third-order valence-electron chi connectivity index (χ3n) is 13.0. The molecule has 10 nitrogen and oxygen atoms in total. The van der Waals surface area contributed by atoms with Crippen LogP contribution in [0.3, 0.4) is 0 Å². The monoisotopic (exact) mass is 957 g/mol. The van der Waals surface area contributed by atoms with Crippen LogP contribution in [-0.2, 0) is 38.7 Å². The number of esters is 1. The number of methoxy groups -OCH3 is 2. The van der Waals surface area contributed by atoms with Crippen LogP contribution in [-0.4, -0.2) is 96.7 Å². The largest absolute Gasteiger partial charge is 0.461 e. The van der Waals surface area contributed by atoms with Crippen LogP contribution >= 0.6 is 34.8 Å². The highest BCUT2D eigenvalue weighted by molar-refractivity contribution is 6.74. The maximum Gasteiger partial charge on any atom is 0.308 e. The van der Waals surface area contributed by atoms with Gasteiger partial charge in [0.1, 0.15) is 24.7 Å². The Morgan fingerprint density at radius 1 is 0.883 bits per heavy atom. The molecule has 1 rings (SSSR count). The highest BCUT2D eigenvalue weighted by Crippen LogP contribution is 2.40. The molecule has 5 atom stereocenters. The van der Waals surface area contributed by atoms with E-state index in [9.17, 15) is 9.90 Å². The molecule has 0 amide bonds. The van der Waals surface area contributed by atoms with E-state index >= 15 is 0 Å². The van der Waals surface area contributed by atoms with Crippen molar-refractivity contribution in [2.24, 2.45) is 5.41 Å². The van der Waals surface area contributed by atoms with E-state index in [0.29, 0.717) is 43.9 Å². The van der Waals surface area contributed by atoms with E-state index in [2.05, 4.69) is 102 Å². The van der Waals surface area contributed by atoms with Crippen molar-refractivity contribution in [2.75, 3.05) is 27.4 Å². The highest BCUT2D eigenvalue weighted by atomic mass is 35.6. The Labute approximate surface area is 382 Å². The summed E-state index contributed by atoms with van der Waals surface area (Å²) in [4.78, 5) is 17.6. The van der Waals surface area contributed by atoms with Crippen molar-refractivity contribution in [1.29, 1.82) is 0 Å². The van der Waals surface area contributed by atoms with Crippen molar-refractivity contribution in [1.82, 2.24) is 4.98 Å². The lowest BCUT2D eigenvalue weighted by atomic mass is 9.78. The maximum atomic E-state index is 12.7. The fourth-order valence-electron chi connectivity index (χ4n) is 6.21. The van der Waals surface area contributed by atoms with Gasteiger partial charge in [-0.05, 0) is 67.2 Å². The second-order valence-electron chi connectivity index (χ2n) is 19.7. The van der Waals surface area contributed by atoms with Crippen molar-refractivity contribution in [3.05, 3.63) is 42.2 Å². The summed E-state index contributed by atoms with van der Waals surface area (Å²) >= 11 is 17.4. The Balaban J connectivity index is 3.16. The van der Waals surface area contributed by atoms with E-state index in [1.54, 1.807) is 20.5 Å². The van der Waals surface area contributed by atoms with E-state index in [0.717, 1.165) is 18.1 Å². The number of allylic oxidation sites excluding steroid dienone is 2. The van der Waals surface area contributed by atoms with Crippen LogP contribution in [0.4, 0.5) is 0 Å². The highest BCUT2D eigenvalue weighted by Gasteiger charge is 2.44. The minimum Gasteiger partial charge on any atom is -0.461 e. The van der Waals surface area contributed by atoms with Crippen LogP contribution < -0.4 is 0 Å². The first-order chi connectivity index (χ1) is 27.4. The fraction of sp³-hybridized carbons (Fsp3) is 0.818. The summed E-state index contributed by atoms with van der Waals surface area (Å²) in [6.07, 6.45) is 9.29. The number of rotatable bonds is 27. The minimum atomic E-state index is -2.25. The van der Waals surface area contributed by atoms with E-state index < -0.39 is 52.3 Å². The Morgan fingerprint density at radius 2 is 1.47 bits per heavy atom. The molecule has 16 heteroatoms. The molecule has 0 aromatic carbocycles. The van der Waals surface area contributed by atoms with Gasteiger partial charge in [-0.1, -0.05) is 135 Å². The van der Waals surface area contributed by atoms with Crippen LogP contribution in [0, 0.1) is 5.41 Å². The number of halogens is 3. The Bertz CT molecular complexity index is 1460. The molecule has 1 aromatic rings. The first kappa shape index (κ1) is 57.5. The lowest BCUT2D eigenvalue weighted by Gasteiger charge is -2.43. The van der Waals surface area contributed by atoms with Gasteiger partial charge in [0, 0.05) is 39.1 Å². The van der Waals surface area contributed by atoms with Crippen LogP contribution in [0.1, 0.15) is 120 Å². The number of aliphatic hydroxyl groups excluding tert-OH is 1. The normalized spacial score (nSPS) is 16.7. The number of oxazole rings is 1. The van der Waals surface area contributed by atoms with Crippen LogP contribution in [0.15, 0.2) is 35.0 Å². The molecule has 0 saturated carbocycles. The van der Waals surface area contributed by atoms with E-state index in [1.807, 2.05) is 24.3 Å². The summed E-state index contributed by atoms with van der Waals surface area (Å²) in [6.45, 7) is 32.9. The minimum absolute atomic E-state index is 0.00194. The lowest BCUT2D eigenvalue weighted by molar-refractivity contribution is -0.145. The first-order valence-electron chi connectivity index (χ1n) is 21.7. The number of aromatic nitrogens is 1. The average Bonchev–Trinajstić information content (AvgIpc) is 3.60. The topological polar surface area (TPSA) is 119 Å². The summed E-state index contributed by atoms with van der Waals surface area (Å²) in [7, 11) is -2.99. The number of carbonyl (C=O) groups excluding carboxylic acids is 1. The summed E-state index contributed by atoms with van der Waals surface area (Å²) in [5.74, 6) is 0.0497. The smallest absolute Gasteiger partial charge is 0.308 e. The van der Waals surface area contributed by atoms with Gasteiger partial charge in [-0.3, -0.25) is 4.79 Å². The van der Waals surface area contributed by atoms with Crippen molar-refractivity contribution in [2.45, 2.75) is 197 Å². The van der Waals surface area contributed by atoms with Gasteiger partial charge in [-0.25, -0.2) is 4.98 Å². The summed E-state index contributed by atoms with van der Waals surface area (Å²) in [6, 6.07) is 2.97. The van der Waals surface area contributed by atoms with Gasteiger partial charge in [0.25, 0.3) is 0 Å². The molecule has 0 bridgehead atoms. The predicted molar refractivity (Wildman–Crippen MR) is 256 cm³/mol. The van der Waals surface area contributed by atoms with Crippen molar-refractivity contribution in [3.63, 3.8) is 0 Å². The van der Waals surface area contributed by atoms with Crippen LogP contribution in [0.5, 0.6) is 0 Å². The van der Waals surface area contributed by atoms with E-state index in [1.165, 1.54) is 0 Å². The zero-order chi connectivity index (χ0) is 46.4. The zero-order valence-corrected chi connectivity index (χ0v) is 45.4. The maximum absolute atomic E-state index is 12.7. The molecule has 1 aromatic heterocycles. The lowest BCUT2D eigenvalue weighted by Crippen LogP contribution is -2.51. The predicted octanol–water partition coefficient (Wildman–Crippen LogP) is 12.7. The van der Waals surface area contributed by atoms with Gasteiger partial charge in [0.15, 0.2) is 30.8 Å². The molecular weight excluding hydrogens is 877 g/mol. The van der Waals surface area contributed by atoms with Crippen LogP contribution in [0.25, 0.3) is 0 Å². The number of alkyl halides is 3. The molecule has 0 aliphatic heterocycles. The standard InChI is InChI=1S/C44H82Cl3NO9Si3/c1-18-60(19-2,20-3)57-38(43(10,11)37(49)26-27-55-58(14,15)41(4,5)6)30-39-48-35(31-53-39)36(52-13)25-23-21-22-24-33(51-12)28-34(56-59(16,17)42(7,8)9)29-40(50)54-32-44(45,46)47/h21-24,31,33-34,36-38,49H,18-20,25-30,32H2,1-17H3/b23-21+,24-22+/t33-,34-,36-,37-,38-/m0/s1. The van der Waals surface area contributed by atoms with Crippen molar-refractivity contribution < 1.29 is 41.8 Å². The third-order valence-corrected chi connectivity index (χ3v) is 27.0. The second-order valence-corrected chi connectivity index (χ2v) is 36.5. The van der Waals surface area contributed by atoms with Crippen LogP contribution in [0.2, 0.25) is 54.4 Å². The Morgan fingerprint density at radius 3 is 1.97 bits per heavy atom. The van der Waals surface area contributed by atoms with Gasteiger partial charge in [-0.15, -0.1) is 0 Å². The SMILES string of the molecule is CC[Si](CC)(CC)O[C@@H](Cc1nc([C@H](C/C=C/C=C/[C@@H](C[C@@H](CC(=O)OCC(Cl)(Cl)Cl)O[Si](C)(C)C(C)(C)C)OC)OC)co1)C(C)(C)[C@@H](O)CCO[Si](C)(C)C(C)(C)C. The first-order valence-corrected chi connectivity index (χ1v) is 31.1. The summed E-state index contributed by atoms with van der Waals surface area (Å²) < 4.78 is 41.5. The molecule has 1 heterocycles.